The van der Waals surface area contributed by atoms with E-state index in [1.165, 1.54) is 10.9 Å². The van der Waals surface area contributed by atoms with Crippen molar-refractivity contribution >= 4 is 39.1 Å². The van der Waals surface area contributed by atoms with Gasteiger partial charge in [-0.15, -0.1) is 11.3 Å². The van der Waals surface area contributed by atoms with Gasteiger partial charge in [-0.25, -0.2) is 9.78 Å². The van der Waals surface area contributed by atoms with Crippen molar-refractivity contribution in [3.05, 3.63) is 57.5 Å². The van der Waals surface area contributed by atoms with Gasteiger partial charge in [0.15, 0.2) is 0 Å². The number of carbonyl (C=O) groups excluding carboxylic acids is 2. The molecule has 0 spiro atoms. The molecule has 0 aliphatic heterocycles. The molecule has 3 rings (SSSR count). The average Bonchev–Trinajstić information content (AvgIpc) is 3.04. The number of hydrogen-bond acceptors (Lipinski definition) is 6. The van der Waals surface area contributed by atoms with Crippen molar-refractivity contribution in [1.82, 2.24) is 9.55 Å². The minimum atomic E-state index is -0.795. The van der Waals surface area contributed by atoms with E-state index in [0.29, 0.717) is 39.4 Å². The number of amides is 1. The van der Waals surface area contributed by atoms with E-state index in [4.69, 9.17) is 4.74 Å². The van der Waals surface area contributed by atoms with Gasteiger partial charge in [0.05, 0.1) is 23.2 Å². The molecule has 7 nitrogen and oxygen atoms in total. The fraction of sp³-hybridized carbons (Fsp3) is 0.300. The number of benzene rings is 1. The zero-order valence-electron chi connectivity index (χ0n) is 15.9. The molecule has 1 amide bonds. The van der Waals surface area contributed by atoms with Crippen LogP contribution in [-0.2, 0) is 9.53 Å². The Morgan fingerprint density at radius 3 is 2.68 bits per heavy atom. The number of carbonyl (C=O) groups is 2. The number of esters is 1. The van der Waals surface area contributed by atoms with E-state index in [0.717, 1.165) is 11.3 Å². The Morgan fingerprint density at radius 1 is 1.29 bits per heavy atom. The van der Waals surface area contributed by atoms with Crippen molar-refractivity contribution in [2.24, 2.45) is 0 Å². The lowest BCUT2D eigenvalue weighted by Gasteiger charge is -2.13. The Labute approximate surface area is 166 Å². The molecule has 146 valence electrons. The quantitative estimate of drug-likeness (QED) is 0.641. The van der Waals surface area contributed by atoms with Gasteiger partial charge in [-0.1, -0.05) is 25.1 Å². The fourth-order valence-corrected chi connectivity index (χ4v) is 3.81. The number of thiophene rings is 1. The highest BCUT2D eigenvalue weighted by atomic mass is 32.1. The zero-order chi connectivity index (χ0) is 20.3. The van der Waals surface area contributed by atoms with Crippen LogP contribution in [0.15, 0.2) is 41.5 Å². The van der Waals surface area contributed by atoms with Crippen molar-refractivity contribution in [2.45, 2.75) is 33.2 Å². The van der Waals surface area contributed by atoms with Crippen molar-refractivity contribution in [3.8, 4) is 0 Å². The van der Waals surface area contributed by atoms with Crippen LogP contribution >= 0.6 is 11.3 Å². The van der Waals surface area contributed by atoms with Crippen molar-refractivity contribution in [1.29, 1.82) is 0 Å². The zero-order valence-corrected chi connectivity index (χ0v) is 16.7. The molecule has 0 unspecified atom stereocenters. The summed E-state index contributed by atoms with van der Waals surface area (Å²) in [7, 11) is 0. The molecular formula is C20H21N3O4S. The van der Waals surface area contributed by atoms with Crippen LogP contribution in [0.4, 0.5) is 5.69 Å². The number of aryl methyl sites for hydroxylation is 1. The van der Waals surface area contributed by atoms with Crippen LogP contribution in [0.5, 0.6) is 0 Å². The maximum atomic E-state index is 13.0. The third kappa shape index (κ3) is 3.82. The summed E-state index contributed by atoms with van der Waals surface area (Å²) in [6, 6.07) is 8.29. The van der Waals surface area contributed by atoms with Crippen LogP contribution in [0.1, 0.15) is 41.5 Å². The SMILES string of the molecule is CCCOC(=O)[C@H](C)n1cnc2sc(C(=O)Nc3ccccc3)c(C)c2c1=O. The molecule has 0 aliphatic carbocycles. The Morgan fingerprint density at radius 2 is 2.00 bits per heavy atom. The number of rotatable bonds is 6. The van der Waals surface area contributed by atoms with E-state index < -0.39 is 12.0 Å². The highest BCUT2D eigenvalue weighted by Crippen LogP contribution is 2.28. The number of nitrogens with one attached hydrogen (secondary N) is 1. The van der Waals surface area contributed by atoms with E-state index in [-0.39, 0.29) is 11.5 Å². The van der Waals surface area contributed by atoms with Gasteiger partial charge < -0.3 is 10.1 Å². The molecule has 0 radical (unpaired) electrons. The normalized spacial score (nSPS) is 12.0. The average molecular weight is 399 g/mol. The molecule has 0 saturated carbocycles. The van der Waals surface area contributed by atoms with Gasteiger partial charge in [0.25, 0.3) is 11.5 Å². The Balaban J connectivity index is 1.95. The molecule has 3 aromatic rings. The van der Waals surface area contributed by atoms with Crippen molar-refractivity contribution in [3.63, 3.8) is 0 Å². The first-order valence-corrected chi connectivity index (χ1v) is 9.79. The van der Waals surface area contributed by atoms with Gasteiger partial charge in [0.2, 0.25) is 0 Å². The molecule has 1 aromatic carbocycles. The standard InChI is InChI=1S/C20H21N3O4S/c1-4-10-27-20(26)13(3)23-11-21-18-15(19(23)25)12(2)16(28-18)17(24)22-14-8-6-5-7-9-14/h5-9,11,13H,4,10H2,1-3H3,(H,22,24)/t13-/m0/s1. The molecule has 0 bridgehead atoms. The number of nitrogens with zero attached hydrogens (tertiary/aromatic N) is 2. The topological polar surface area (TPSA) is 90.3 Å². The molecule has 0 aliphatic rings. The molecule has 2 heterocycles. The third-order valence-corrected chi connectivity index (χ3v) is 5.52. The van der Waals surface area contributed by atoms with Crippen LogP contribution in [0, 0.1) is 6.92 Å². The molecule has 0 fully saturated rings. The largest absolute Gasteiger partial charge is 0.464 e. The van der Waals surface area contributed by atoms with Gasteiger partial charge in [-0.3, -0.25) is 14.2 Å². The summed E-state index contributed by atoms with van der Waals surface area (Å²) in [5.74, 6) is -0.784. The summed E-state index contributed by atoms with van der Waals surface area (Å²) in [6.07, 6.45) is 2.03. The van der Waals surface area contributed by atoms with E-state index >= 15 is 0 Å². The minimum absolute atomic E-state index is 0.298. The van der Waals surface area contributed by atoms with Gasteiger partial charge in [-0.05, 0) is 38.0 Å². The third-order valence-electron chi connectivity index (χ3n) is 4.32. The smallest absolute Gasteiger partial charge is 0.328 e. The number of hydrogen-bond donors (Lipinski definition) is 1. The van der Waals surface area contributed by atoms with E-state index in [1.54, 1.807) is 26.0 Å². The molecule has 1 atom stereocenters. The van der Waals surface area contributed by atoms with Gasteiger partial charge >= 0.3 is 5.97 Å². The fourth-order valence-electron chi connectivity index (χ4n) is 2.78. The summed E-state index contributed by atoms with van der Waals surface area (Å²) >= 11 is 1.16. The molecule has 8 heteroatoms. The molecule has 1 N–H and O–H groups in total. The highest BCUT2D eigenvalue weighted by Gasteiger charge is 2.23. The second-order valence-electron chi connectivity index (χ2n) is 6.36. The molecule has 28 heavy (non-hydrogen) atoms. The van der Waals surface area contributed by atoms with E-state index in [1.807, 2.05) is 25.1 Å². The molecular weight excluding hydrogens is 378 g/mol. The molecule has 0 saturated heterocycles. The van der Waals surface area contributed by atoms with Gasteiger partial charge in [0.1, 0.15) is 10.9 Å². The number of para-hydroxylation sites is 1. The van der Waals surface area contributed by atoms with Crippen LogP contribution in [0.2, 0.25) is 0 Å². The first-order chi connectivity index (χ1) is 13.4. The van der Waals surface area contributed by atoms with Crippen molar-refractivity contribution in [2.75, 3.05) is 11.9 Å². The van der Waals surface area contributed by atoms with E-state index in [2.05, 4.69) is 10.3 Å². The monoisotopic (exact) mass is 399 g/mol. The highest BCUT2D eigenvalue weighted by molar-refractivity contribution is 7.20. The summed E-state index contributed by atoms with van der Waals surface area (Å²) < 4.78 is 6.38. The number of fused-ring (bicyclic) bond motifs is 1. The predicted octanol–water partition coefficient (Wildman–Crippen LogP) is 3.53. The number of aromatic nitrogens is 2. The first kappa shape index (κ1) is 19.8. The second kappa shape index (κ2) is 8.35. The Hall–Kier alpha value is -3.00. The Kier molecular flexibility index (Phi) is 5.89. The van der Waals surface area contributed by atoms with Crippen LogP contribution in [-0.4, -0.2) is 28.0 Å². The Bertz CT molecular complexity index is 1070. The molecule has 2 aromatic heterocycles. The maximum Gasteiger partial charge on any atom is 0.328 e. The summed E-state index contributed by atoms with van der Waals surface area (Å²) in [5.41, 5.74) is 0.856. The van der Waals surface area contributed by atoms with Crippen LogP contribution in [0.3, 0.4) is 0 Å². The van der Waals surface area contributed by atoms with Gasteiger partial charge in [-0.2, -0.15) is 0 Å². The lowest BCUT2D eigenvalue weighted by molar-refractivity contribution is -0.147. The second-order valence-corrected chi connectivity index (χ2v) is 7.36. The number of anilines is 1. The van der Waals surface area contributed by atoms with Gasteiger partial charge in [0, 0.05) is 5.69 Å². The van der Waals surface area contributed by atoms with Crippen LogP contribution in [0.25, 0.3) is 10.2 Å². The summed E-state index contributed by atoms with van der Waals surface area (Å²) in [4.78, 5) is 42.9. The predicted molar refractivity (Wildman–Crippen MR) is 109 cm³/mol. The van der Waals surface area contributed by atoms with Crippen molar-refractivity contribution < 1.29 is 14.3 Å². The van der Waals surface area contributed by atoms with Crippen LogP contribution < -0.4 is 10.9 Å². The lowest BCUT2D eigenvalue weighted by Crippen LogP contribution is -2.29. The maximum absolute atomic E-state index is 13.0. The summed E-state index contributed by atoms with van der Waals surface area (Å²) in [6.45, 7) is 5.51. The van der Waals surface area contributed by atoms with E-state index in [9.17, 15) is 14.4 Å². The first-order valence-electron chi connectivity index (χ1n) is 8.97. The summed E-state index contributed by atoms with van der Waals surface area (Å²) in [5, 5.41) is 3.17. The number of ether oxygens (including phenoxy) is 1. The lowest BCUT2D eigenvalue weighted by atomic mass is 10.2. The minimum Gasteiger partial charge on any atom is -0.464 e.